The number of phenols is 6. The summed E-state index contributed by atoms with van der Waals surface area (Å²) in [6, 6.07) is 10.8. The Morgan fingerprint density at radius 1 is 0.654 bits per heavy atom. The summed E-state index contributed by atoms with van der Waals surface area (Å²) in [7, 11) is 0. The summed E-state index contributed by atoms with van der Waals surface area (Å²) in [5, 5.41) is 88.6. The zero-order valence-corrected chi connectivity index (χ0v) is 27.4. The third-order valence-electron chi connectivity index (χ3n) is 7.74. The third kappa shape index (κ3) is 10.7. The lowest BCUT2D eigenvalue weighted by Crippen LogP contribution is -2.62. The number of esters is 3. The van der Waals surface area contributed by atoms with E-state index in [2.05, 4.69) is 0 Å². The zero-order valence-electron chi connectivity index (χ0n) is 27.4. The van der Waals surface area contributed by atoms with Crippen molar-refractivity contribution in [3.05, 3.63) is 82.9 Å². The quantitative estimate of drug-likeness (QED) is 0.0441. The van der Waals surface area contributed by atoms with Crippen LogP contribution in [-0.2, 0) is 57.3 Å². The van der Waals surface area contributed by atoms with Gasteiger partial charge in [-0.2, -0.15) is 0 Å². The molecule has 0 aliphatic carbocycles. The van der Waals surface area contributed by atoms with Crippen molar-refractivity contribution in [1.82, 2.24) is 0 Å². The maximum Gasteiger partial charge on any atom is 0.310 e. The first-order valence-corrected chi connectivity index (χ1v) is 15.7. The Morgan fingerprint density at radius 3 is 1.56 bits per heavy atom. The van der Waals surface area contributed by atoms with E-state index in [1.807, 2.05) is 0 Å². The van der Waals surface area contributed by atoms with E-state index in [0.717, 1.165) is 30.3 Å². The number of rotatable bonds is 15. The van der Waals surface area contributed by atoms with Gasteiger partial charge in [0.05, 0.1) is 39.1 Å². The van der Waals surface area contributed by atoms with Crippen molar-refractivity contribution in [1.29, 1.82) is 0 Å². The number of aliphatic hydroxyl groups excluding tert-OH is 3. The Balaban J connectivity index is 1.62. The van der Waals surface area contributed by atoms with Crippen molar-refractivity contribution >= 4 is 17.9 Å². The molecule has 0 spiro atoms. The summed E-state index contributed by atoms with van der Waals surface area (Å²) in [5.74, 6) is -5.66. The molecule has 0 unspecified atom stereocenters. The molecular weight excluding hydrogens is 692 g/mol. The lowest BCUT2D eigenvalue weighted by Gasteiger charge is -2.43. The number of benzene rings is 3. The molecule has 0 aromatic heterocycles. The third-order valence-corrected chi connectivity index (χ3v) is 7.74. The van der Waals surface area contributed by atoms with Crippen LogP contribution in [0.3, 0.4) is 0 Å². The normalized spacial score (nSPS) is 20.2. The van der Waals surface area contributed by atoms with E-state index in [-0.39, 0.29) is 28.7 Å². The molecule has 3 aromatic carbocycles. The molecule has 1 fully saturated rings. The molecule has 0 amide bonds. The van der Waals surface area contributed by atoms with E-state index in [1.165, 1.54) is 30.3 Å². The summed E-state index contributed by atoms with van der Waals surface area (Å²) in [4.78, 5) is 39.3. The van der Waals surface area contributed by atoms with Gasteiger partial charge in [-0.3, -0.25) is 14.4 Å². The second-order valence-corrected chi connectivity index (χ2v) is 11.6. The molecule has 0 saturated carbocycles. The van der Waals surface area contributed by atoms with Crippen molar-refractivity contribution in [2.75, 3.05) is 26.4 Å². The minimum atomic E-state index is -1.88. The largest absolute Gasteiger partial charge is 0.504 e. The topological polar surface area (TPSA) is 279 Å². The van der Waals surface area contributed by atoms with Crippen molar-refractivity contribution in [2.24, 2.45) is 0 Å². The molecule has 4 rings (SSSR count). The number of phenolic OH excluding ortho intramolecular Hbond substituents is 6. The van der Waals surface area contributed by atoms with Gasteiger partial charge in [0.15, 0.2) is 53.0 Å². The fourth-order valence-electron chi connectivity index (χ4n) is 5.08. The maximum atomic E-state index is 13.2. The molecule has 280 valence electrons. The summed E-state index contributed by atoms with van der Waals surface area (Å²) in [6.45, 7) is -2.05. The molecule has 5 atom stereocenters. The standard InChI is InChI=1S/C35H38O17/c36-8-7-21(15-37)16-49-35-32(47)34(52-31(46)14-20-3-6-24(40)27(43)11-20)33(51-30(45)13-19-2-5-23(39)26(42)10-19)28(50-35)17-48-29(44)12-18-1-4-22(38)25(41)9-18/h1-7,9-11,28,32-43,47H,8,12-17H2/b21-7+/t28-,32-,33-,34+,35-/m1/s1. The van der Waals surface area contributed by atoms with Gasteiger partial charge >= 0.3 is 17.9 Å². The Morgan fingerprint density at radius 2 is 1.12 bits per heavy atom. The Bertz CT molecular complexity index is 1760. The van der Waals surface area contributed by atoms with E-state index in [0.29, 0.717) is 0 Å². The van der Waals surface area contributed by atoms with Gasteiger partial charge in [-0.1, -0.05) is 24.3 Å². The Hall–Kier alpha value is -5.59. The van der Waals surface area contributed by atoms with Crippen LogP contribution in [0.4, 0.5) is 0 Å². The van der Waals surface area contributed by atoms with E-state index < -0.39 is 122 Å². The summed E-state index contributed by atoms with van der Waals surface area (Å²) in [5.41, 5.74) is 0.848. The first-order valence-electron chi connectivity index (χ1n) is 15.7. The molecule has 52 heavy (non-hydrogen) atoms. The highest BCUT2D eigenvalue weighted by molar-refractivity contribution is 5.75. The van der Waals surface area contributed by atoms with Gasteiger partial charge in [0, 0.05) is 0 Å². The summed E-state index contributed by atoms with van der Waals surface area (Å²) in [6.07, 6.45) is -8.60. The fraction of sp³-hybridized carbons (Fsp3) is 0.343. The number of aromatic hydroxyl groups is 6. The Labute approximate surface area is 295 Å². The minimum absolute atomic E-state index is 0.185. The van der Waals surface area contributed by atoms with Crippen LogP contribution in [0.5, 0.6) is 34.5 Å². The van der Waals surface area contributed by atoms with Gasteiger partial charge < -0.3 is 69.6 Å². The van der Waals surface area contributed by atoms with Crippen LogP contribution in [0.25, 0.3) is 0 Å². The predicted molar refractivity (Wildman–Crippen MR) is 174 cm³/mol. The summed E-state index contributed by atoms with van der Waals surface area (Å²) >= 11 is 0. The van der Waals surface area contributed by atoms with Gasteiger partial charge in [-0.25, -0.2) is 0 Å². The molecule has 1 saturated heterocycles. The van der Waals surface area contributed by atoms with E-state index >= 15 is 0 Å². The van der Waals surface area contributed by atoms with Gasteiger partial charge in [0.25, 0.3) is 0 Å². The van der Waals surface area contributed by atoms with E-state index in [4.69, 9.17) is 23.7 Å². The molecule has 0 bridgehead atoms. The van der Waals surface area contributed by atoms with Crippen LogP contribution in [0.2, 0.25) is 0 Å². The Kier molecular flexibility index (Phi) is 13.6. The van der Waals surface area contributed by atoms with Crippen molar-refractivity contribution in [3.8, 4) is 34.5 Å². The molecule has 9 N–H and O–H groups in total. The summed E-state index contributed by atoms with van der Waals surface area (Å²) < 4.78 is 28.1. The highest BCUT2D eigenvalue weighted by Gasteiger charge is 2.51. The van der Waals surface area contributed by atoms with E-state index in [1.54, 1.807) is 0 Å². The van der Waals surface area contributed by atoms with E-state index in [9.17, 15) is 60.3 Å². The number of ether oxygens (including phenoxy) is 5. The van der Waals surface area contributed by atoms with Gasteiger partial charge in [0.1, 0.15) is 18.8 Å². The number of hydrogen-bond donors (Lipinski definition) is 9. The van der Waals surface area contributed by atoms with Crippen LogP contribution in [-0.4, -0.2) is 121 Å². The first kappa shape index (κ1) is 39.2. The van der Waals surface area contributed by atoms with Crippen molar-refractivity contribution in [2.45, 2.75) is 50.0 Å². The minimum Gasteiger partial charge on any atom is -0.504 e. The number of carbonyl (C=O) groups excluding carboxylic acids is 3. The van der Waals surface area contributed by atoms with Crippen LogP contribution < -0.4 is 0 Å². The van der Waals surface area contributed by atoms with Crippen LogP contribution in [0, 0.1) is 0 Å². The van der Waals surface area contributed by atoms with Crippen LogP contribution >= 0.6 is 0 Å². The molecular formula is C35H38O17. The van der Waals surface area contributed by atoms with Gasteiger partial charge in [-0.15, -0.1) is 0 Å². The lowest BCUT2D eigenvalue weighted by molar-refractivity contribution is -0.304. The smallest absolute Gasteiger partial charge is 0.310 e. The molecule has 1 aliphatic heterocycles. The molecule has 17 heteroatoms. The monoisotopic (exact) mass is 730 g/mol. The predicted octanol–water partition coefficient (Wildman–Crippen LogP) is 0.328. The van der Waals surface area contributed by atoms with Gasteiger partial charge in [-0.05, 0) is 58.7 Å². The van der Waals surface area contributed by atoms with Crippen LogP contribution in [0.15, 0.2) is 66.2 Å². The molecule has 17 nitrogen and oxygen atoms in total. The number of aliphatic hydroxyl groups is 3. The molecule has 3 aromatic rings. The average Bonchev–Trinajstić information content (AvgIpc) is 3.09. The average molecular weight is 731 g/mol. The zero-order chi connectivity index (χ0) is 37.9. The van der Waals surface area contributed by atoms with Crippen molar-refractivity contribution < 1.29 is 84.0 Å². The highest BCUT2D eigenvalue weighted by Crippen LogP contribution is 2.31. The maximum absolute atomic E-state index is 13.2. The van der Waals surface area contributed by atoms with Gasteiger partial charge in [0.2, 0.25) is 0 Å². The van der Waals surface area contributed by atoms with Crippen LogP contribution in [0.1, 0.15) is 16.7 Å². The molecule has 1 heterocycles. The number of hydrogen-bond acceptors (Lipinski definition) is 17. The molecule has 1 aliphatic rings. The number of carbonyl (C=O) groups is 3. The lowest BCUT2D eigenvalue weighted by atomic mass is 9.98. The SMILES string of the molecule is O=C(Cc1ccc(O)c(O)c1)OC[C@H]1O[C@@H](OC/C(=C/CO)CO)[C@H](O)[C@H](OC(=O)Cc2ccc(O)c(O)c2)[C@@H]1OC(=O)Cc1ccc(O)c(O)c1. The first-order chi connectivity index (χ1) is 24.8. The highest BCUT2D eigenvalue weighted by atomic mass is 16.7. The fourth-order valence-corrected chi connectivity index (χ4v) is 5.08. The second kappa shape index (κ2) is 18.1. The second-order valence-electron chi connectivity index (χ2n) is 11.6. The molecule has 0 radical (unpaired) electrons. The van der Waals surface area contributed by atoms with Crippen molar-refractivity contribution in [3.63, 3.8) is 0 Å².